The molecule has 130 valence electrons. The Bertz CT molecular complexity index is 638. The van der Waals surface area contributed by atoms with Gasteiger partial charge in [-0.2, -0.15) is 0 Å². The summed E-state index contributed by atoms with van der Waals surface area (Å²) < 4.78 is 10.2. The number of carbonyl (C=O) groups excluding carboxylic acids is 1. The predicted octanol–water partition coefficient (Wildman–Crippen LogP) is 2.79. The summed E-state index contributed by atoms with van der Waals surface area (Å²) in [5, 5.41) is 6.66. The summed E-state index contributed by atoms with van der Waals surface area (Å²) in [6.45, 7) is 6.71. The van der Waals surface area contributed by atoms with E-state index in [1.165, 1.54) is 5.56 Å². The van der Waals surface area contributed by atoms with Gasteiger partial charge in [0, 0.05) is 12.8 Å². The normalized spacial score (nSPS) is 17.5. The monoisotopic (exact) mass is 348 g/mol. The fourth-order valence-corrected chi connectivity index (χ4v) is 2.85. The third-order valence-electron chi connectivity index (χ3n) is 3.95. The summed E-state index contributed by atoms with van der Waals surface area (Å²) in [4.78, 5) is 12.5. The molecule has 24 heavy (non-hydrogen) atoms. The van der Waals surface area contributed by atoms with E-state index >= 15 is 0 Å². The molecule has 1 aromatic carbocycles. The van der Waals surface area contributed by atoms with E-state index in [1.807, 2.05) is 19.1 Å². The fraction of sp³-hybridized carbons (Fsp3) is 0.444. The first-order chi connectivity index (χ1) is 11.4. The van der Waals surface area contributed by atoms with Crippen molar-refractivity contribution in [1.82, 2.24) is 10.6 Å². The Hall–Kier alpha value is -1.92. The van der Waals surface area contributed by atoms with Crippen molar-refractivity contribution < 1.29 is 14.3 Å². The lowest BCUT2D eigenvalue weighted by molar-refractivity contribution is -0.140. The minimum atomic E-state index is -0.370. The van der Waals surface area contributed by atoms with Gasteiger partial charge in [-0.25, -0.2) is 4.79 Å². The SMILES string of the molecule is COCCOC(=O)C1=C(C)NC(=S)N[C@H]1c1ccc(C(C)C)cc1. The Morgan fingerprint density at radius 3 is 2.50 bits per heavy atom. The van der Waals surface area contributed by atoms with Gasteiger partial charge < -0.3 is 20.1 Å². The summed E-state index contributed by atoms with van der Waals surface area (Å²) in [7, 11) is 1.57. The third kappa shape index (κ3) is 4.33. The zero-order chi connectivity index (χ0) is 17.7. The van der Waals surface area contributed by atoms with E-state index in [4.69, 9.17) is 21.7 Å². The molecule has 0 spiro atoms. The van der Waals surface area contributed by atoms with E-state index in [1.54, 1.807) is 7.11 Å². The molecule has 1 aliphatic rings. The molecule has 0 radical (unpaired) electrons. The number of allylic oxidation sites excluding steroid dienone is 1. The lowest BCUT2D eigenvalue weighted by Crippen LogP contribution is -2.45. The van der Waals surface area contributed by atoms with Gasteiger partial charge in [0.1, 0.15) is 6.61 Å². The van der Waals surface area contributed by atoms with E-state index in [2.05, 4.69) is 36.6 Å². The highest BCUT2D eigenvalue weighted by atomic mass is 32.1. The number of methoxy groups -OCH3 is 1. The Balaban J connectivity index is 2.28. The molecule has 1 atom stereocenters. The highest BCUT2D eigenvalue weighted by molar-refractivity contribution is 7.80. The third-order valence-corrected chi connectivity index (χ3v) is 4.17. The largest absolute Gasteiger partial charge is 0.460 e. The van der Waals surface area contributed by atoms with E-state index < -0.39 is 0 Å². The molecule has 1 aromatic rings. The van der Waals surface area contributed by atoms with Crippen molar-refractivity contribution in [3.8, 4) is 0 Å². The maximum Gasteiger partial charge on any atom is 0.338 e. The molecule has 5 nitrogen and oxygen atoms in total. The number of hydrogen-bond acceptors (Lipinski definition) is 4. The summed E-state index contributed by atoms with van der Waals surface area (Å²) in [6, 6.07) is 7.88. The van der Waals surface area contributed by atoms with E-state index in [9.17, 15) is 4.79 Å². The van der Waals surface area contributed by atoms with Crippen LogP contribution in [0, 0.1) is 0 Å². The fourth-order valence-electron chi connectivity index (χ4n) is 2.58. The molecule has 0 bridgehead atoms. The number of esters is 1. The van der Waals surface area contributed by atoms with Crippen molar-refractivity contribution >= 4 is 23.3 Å². The Labute approximate surface area is 148 Å². The number of benzene rings is 1. The minimum Gasteiger partial charge on any atom is -0.460 e. The molecule has 1 heterocycles. The first-order valence-electron chi connectivity index (χ1n) is 7.98. The molecule has 2 N–H and O–H groups in total. The minimum absolute atomic E-state index is 0.218. The number of carbonyl (C=O) groups is 1. The molecule has 1 aliphatic heterocycles. The smallest absolute Gasteiger partial charge is 0.338 e. The molecule has 0 unspecified atom stereocenters. The maximum absolute atomic E-state index is 12.5. The van der Waals surface area contributed by atoms with E-state index in [0.717, 1.165) is 5.56 Å². The number of rotatable bonds is 6. The van der Waals surface area contributed by atoms with Crippen LogP contribution in [0.5, 0.6) is 0 Å². The van der Waals surface area contributed by atoms with Gasteiger partial charge in [0.15, 0.2) is 5.11 Å². The standard InChI is InChI=1S/C18H24N2O3S/c1-11(2)13-5-7-14(8-6-13)16-15(12(3)19-18(24)20-16)17(21)23-10-9-22-4/h5-8,11,16H,9-10H2,1-4H3,(H2,19,20,24)/t16-/m0/s1. The van der Waals surface area contributed by atoms with Gasteiger partial charge in [-0.3, -0.25) is 0 Å². The van der Waals surface area contributed by atoms with Crippen LogP contribution in [0.3, 0.4) is 0 Å². The van der Waals surface area contributed by atoms with Gasteiger partial charge in [0.2, 0.25) is 0 Å². The van der Waals surface area contributed by atoms with Gasteiger partial charge in [-0.05, 0) is 36.2 Å². The Morgan fingerprint density at radius 2 is 1.92 bits per heavy atom. The summed E-state index contributed by atoms with van der Waals surface area (Å²) in [6.07, 6.45) is 0. The lowest BCUT2D eigenvalue weighted by atomic mass is 9.93. The molecule has 0 aliphatic carbocycles. The van der Waals surface area contributed by atoms with Crippen molar-refractivity contribution in [3.05, 3.63) is 46.7 Å². The van der Waals surface area contributed by atoms with Crippen LogP contribution in [-0.2, 0) is 14.3 Å². The highest BCUT2D eigenvalue weighted by Crippen LogP contribution is 2.28. The summed E-state index contributed by atoms with van der Waals surface area (Å²) >= 11 is 5.24. The second kappa shape index (κ2) is 8.26. The second-order valence-corrected chi connectivity index (χ2v) is 6.43. The van der Waals surface area contributed by atoms with E-state index in [-0.39, 0.29) is 18.6 Å². The van der Waals surface area contributed by atoms with Crippen LogP contribution in [-0.4, -0.2) is 31.4 Å². The zero-order valence-corrected chi connectivity index (χ0v) is 15.3. The van der Waals surface area contributed by atoms with Crippen molar-refractivity contribution in [2.24, 2.45) is 0 Å². The van der Waals surface area contributed by atoms with Crippen molar-refractivity contribution in [2.75, 3.05) is 20.3 Å². The van der Waals surface area contributed by atoms with Gasteiger partial charge in [-0.1, -0.05) is 38.1 Å². The van der Waals surface area contributed by atoms with Crippen LogP contribution in [0.15, 0.2) is 35.5 Å². The van der Waals surface area contributed by atoms with Crippen LogP contribution in [0.1, 0.15) is 43.9 Å². The summed E-state index contributed by atoms with van der Waals surface area (Å²) in [5.41, 5.74) is 3.47. The highest BCUT2D eigenvalue weighted by Gasteiger charge is 2.30. The average molecular weight is 348 g/mol. The summed E-state index contributed by atoms with van der Waals surface area (Å²) in [5.74, 6) is 0.0850. The molecular formula is C18H24N2O3S. The first-order valence-corrected chi connectivity index (χ1v) is 8.39. The quantitative estimate of drug-likeness (QED) is 0.468. The number of nitrogens with one attached hydrogen (secondary N) is 2. The Morgan fingerprint density at radius 1 is 1.25 bits per heavy atom. The van der Waals surface area contributed by atoms with Crippen molar-refractivity contribution in [1.29, 1.82) is 0 Å². The van der Waals surface area contributed by atoms with Gasteiger partial charge in [0.25, 0.3) is 0 Å². The lowest BCUT2D eigenvalue weighted by Gasteiger charge is -2.30. The molecule has 0 aromatic heterocycles. The van der Waals surface area contributed by atoms with Gasteiger partial charge >= 0.3 is 5.97 Å². The van der Waals surface area contributed by atoms with Crippen LogP contribution < -0.4 is 10.6 Å². The molecule has 0 fully saturated rings. The zero-order valence-electron chi connectivity index (χ0n) is 14.5. The molecule has 6 heteroatoms. The van der Waals surface area contributed by atoms with E-state index in [0.29, 0.717) is 28.9 Å². The molecular weight excluding hydrogens is 324 g/mol. The molecule has 0 saturated heterocycles. The molecule has 0 amide bonds. The topological polar surface area (TPSA) is 59.6 Å². The molecule has 2 rings (SSSR count). The van der Waals surface area contributed by atoms with Gasteiger partial charge in [-0.15, -0.1) is 0 Å². The first kappa shape index (κ1) is 18.4. The Kier molecular flexibility index (Phi) is 6.34. The van der Waals surface area contributed by atoms with Crippen LogP contribution in [0.25, 0.3) is 0 Å². The maximum atomic E-state index is 12.5. The van der Waals surface area contributed by atoms with Crippen molar-refractivity contribution in [2.45, 2.75) is 32.7 Å². The predicted molar refractivity (Wildman–Crippen MR) is 97.7 cm³/mol. The van der Waals surface area contributed by atoms with Gasteiger partial charge in [0.05, 0.1) is 18.2 Å². The average Bonchev–Trinajstić information content (AvgIpc) is 2.54. The number of hydrogen-bond donors (Lipinski definition) is 2. The second-order valence-electron chi connectivity index (χ2n) is 6.02. The van der Waals surface area contributed by atoms with Crippen LogP contribution in [0.4, 0.5) is 0 Å². The van der Waals surface area contributed by atoms with Crippen LogP contribution >= 0.6 is 12.2 Å². The van der Waals surface area contributed by atoms with Crippen LogP contribution in [0.2, 0.25) is 0 Å². The van der Waals surface area contributed by atoms with Crippen molar-refractivity contribution in [3.63, 3.8) is 0 Å². The molecule has 0 saturated carbocycles. The number of thiocarbonyl (C=S) groups is 1. The number of ether oxygens (including phenoxy) is 2.